The number of anilines is 1. The van der Waals surface area contributed by atoms with Crippen LogP contribution in [0.2, 0.25) is 5.02 Å². The van der Waals surface area contributed by atoms with E-state index in [9.17, 15) is 18.0 Å². The molecule has 12 heteroatoms. The highest BCUT2D eigenvalue weighted by atomic mass is 35.5. The molecule has 0 bridgehead atoms. The first kappa shape index (κ1) is 34.9. The number of methoxy groups -OCH3 is 2. The number of sulfonamides is 1. The lowest BCUT2D eigenvalue weighted by Crippen LogP contribution is -2.53. The fourth-order valence-electron chi connectivity index (χ4n) is 5.45. The number of amides is 2. The minimum absolute atomic E-state index is 0.0435. The van der Waals surface area contributed by atoms with E-state index in [1.54, 1.807) is 55.5 Å². The summed E-state index contributed by atoms with van der Waals surface area (Å²) < 4.78 is 45.8. The van der Waals surface area contributed by atoms with Crippen LogP contribution in [0.1, 0.15) is 51.5 Å². The summed E-state index contributed by atoms with van der Waals surface area (Å²) in [6, 6.07) is 16.8. The number of halogens is 1. The van der Waals surface area contributed by atoms with Gasteiger partial charge in [-0.15, -0.1) is 0 Å². The second kappa shape index (κ2) is 16.0. The van der Waals surface area contributed by atoms with E-state index in [1.165, 1.54) is 37.3 Å². The van der Waals surface area contributed by atoms with Crippen LogP contribution in [0.5, 0.6) is 17.2 Å². The lowest BCUT2D eigenvalue weighted by atomic mass is 9.95. The van der Waals surface area contributed by atoms with Crippen molar-refractivity contribution in [2.24, 2.45) is 0 Å². The quantitative estimate of drug-likeness (QED) is 0.230. The predicted octanol–water partition coefficient (Wildman–Crippen LogP) is 5.82. The fourth-order valence-corrected chi connectivity index (χ4v) is 7.00. The van der Waals surface area contributed by atoms with Crippen molar-refractivity contribution in [3.05, 3.63) is 77.3 Å². The third-order valence-electron chi connectivity index (χ3n) is 8.04. The Hall–Kier alpha value is -3.96. The van der Waals surface area contributed by atoms with Crippen LogP contribution in [0.4, 0.5) is 5.69 Å². The van der Waals surface area contributed by atoms with Crippen molar-refractivity contribution < 1.29 is 32.2 Å². The van der Waals surface area contributed by atoms with Gasteiger partial charge in [-0.2, -0.15) is 0 Å². The Bertz CT molecular complexity index is 1580. The average Bonchev–Trinajstić information content (AvgIpc) is 3.07. The molecule has 0 heterocycles. The van der Waals surface area contributed by atoms with Crippen molar-refractivity contribution in [3.8, 4) is 17.2 Å². The molecule has 1 fully saturated rings. The maximum absolute atomic E-state index is 14.3. The summed E-state index contributed by atoms with van der Waals surface area (Å²) in [7, 11) is -1.45. The van der Waals surface area contributed by atoms with Crippen LogP contribution < -0.4 is 23.8 Å². The van der Waals surface area contributed by atoms with Gasteiger partial charge in [-0.25, -0.2) is 8.42 Å². The molecule has 46 heavy (non-hydrogen) atoms. The highest BCUT2D eigenvalue weighted by Crippen LogP contribution is 2.33. The van der Waals surface area contributed by atoms with E-state index >= 15 is 0 Å². The Morgan fingerprint density at radius 1 is 0.935 bits per heavy atom. The molecule has 248 valence electrons. The van der Waals surface area contributed by atoms with E-state index in [0.717, 1.165) is 42.0 Å². The molecule has 0 spiro atoms. The number of carbonyl (C=O) groups excluding carboxylic acids is 2. The van der Waals surface area contributed by atoms with Crippen LogP contribution in [-0.4, -0.2) is 64.6 Å². The van der Waals surface area contributed by atoms with Gasteiger partial charge in [-0.05, 0) is 80.8 Å². The Kier molecular flexibility index (Phi) is 12.2. The summed E-state index contributed by atoms with van der Waals surface area (Å²) in [5.74, 6) is 0.290. The highest BCUT2D eigenvalue weighted by Gasteiger charge is 2.33. The van der Waals surface area contributed by atoms with E-state index in [4.69, 9.17) is 25.8 Å². The first-order chi connectivity index (χ1) is 22.1. The van der Waals surface area contributed by atoms with Gasteiger partial charge in [-0.3, -0.25) is 13.9 Å². The van der Waals surface area contributed by atoms with E-state index in [1.807, 2.05) is 6.92 Å². The number of ether oxygens (including phenoxy) is 3. The van der Waals surface area contributed by atoms with Gasteiger partial charge in [0, 0.05) is 23.7 Å². The summed E-state index contributed by atoms with van der Waals surface area (Å²) in [4.78, 5) is 29.1. The molecule has 0 radical (unpaired) electrons. The minimum atomic E-state index is -4.32. The van der Waals surface area contributed by atoms with Gasteiger partial charge in [0.2, 0.25) is 11.8 Å². The Morgan fingerprint density at radius 2 is 1.59 bits per heavy atom. The molecule has 0 aliphatic heterocycles. The van der Waals surface area contributed by atoms with Gasteiger partial charge in [0.05, 0.1) is 31.4 Å². The first-order valence-electron chi connectivity index (χ1n) is 15.4. The zero-order valence-electron chi connectivity index (χ0n) is 26.7. The number of nitrogens with one attached hydrogen (secondary N) is 1. The number of benzene rings is 3. The van der Waals surface area contributed by atoms with Gasteiger partial charge in [0.25, 0.3) is 10.0 Å². The summed E-state index contributed by atoms with van der Waals surface area (Å²) in [6.45, 7) is 3.45. The van der Waals surface area contributed by atoms with E-state index in [-0.39, 0.29) is 34.8 Å². The largest absolute Gasteiger partial charge is 0.494 e. The predicted molar refractivity (Wildman–Crippen MR) is 178 cm³/mol. The third kappa shape index (κ3) is 8.64. The molecule has 1 aliphatic rings. The Balaban J connectivity index is 1.71. The van der Waals surface area contributed by atoms with E-state index in [2.05, 4.69) is 5.32 Å². The molecule has 3 aromatic carbocycles. The molecule has 1 N–H and O–H groups in total. The molecule has 1 atom stereocenters. The van der Waals surface area contributed by atoms with Crippen molar-refractivity contribution >= 4 is 39.1 Å². The highest BCUT2D eigenvalue weighted by molar-refractivity contribution is 7.92. The second-order valence-electron chi connectivity index (χ2n) is 11.1. The Morgan fingerprint density at radius 3 is 2.20 bits per heavy atom. The van der Waals surface area contributed by atoms with Crippen LogP contribution in [0.15, 0.2) is 71.6 Å². The molecule has 10 nitrogen and oxygen atoms in total. The summed E-state index contributed by atoms with van der Waals surface area (Å²) in [6.07, 6.45) is 4.99. The van der Waals surface area contributed by atoms with Gasteiger partial charge in [0.15, 0.2) is 11.5 Å². The average molecular weight is 672 g/mol. The molecular formula is C34H42ClN3O7S. The maximum Gasteiger partial charge on any atom is 0.264 e. The molecule has 0 saturated heterocycles. The van der Waals surface area contributed by atoms with Gasteiger partial charge in [0.1, 0.15) is 18.3 Å². The Labute approximate surface area is 276 Å². The zero-order chi connectivity index (χ0) is 33.3. The first-order valence-corrected chi connectivity index (χ1v) is 17.2. The van der Waals surface area contributed by atoms with Crippen LogP contribution in [0.25, 0.3) is 0 Å². The molecular weight excluding hydrogens is 630 g/mol. The summed E-state index contributed by atoms with van der Waals surface area (Å²) in [5, 5.41) is 3.64. The van der Waals surface area contributed by atoms with E-state index in [0.29, 0.717) is 23.1 Å². The SMILES string of the molecule is CCOc1ccc(N(CC(=O)N(Cc2ccc(Cl)cc2)[C@@H](C)C(=O)NC2CCCCC2)S(=O)(=O)c2ccc(OC)c(OC)c2)cc1. The van der Waals surface area contributed by atoms with Crippen molar-refractivity contribution in [1.29, 1.82) is 0 Å². The molecule has 4 rings (SSSR count). The molecule has 1 saturated carbocycles. The molecule has 3 aromatic rings. The topological polar surface area (TPSA) is 114 Å². The molecule has 1 aliphatic carbocycles. The monoisotopic (exact) mass is 671 g/mol. The van der Waals surface area contributed by atoms with Crippen molar-refractivity contribution in [1.82, 2.24) is 10.2 Å². The van der Waals surface area contributed by atoms with Crippen LogP contribution in [-0.2, 0) is 26.2 Å². The number of nitrogens with zero attached hydrogens (tertiary/aromatic N) is 2. The lowest BCUT2D eigenvalue weighted by Gasteiger charge is -2.33. The number of hydrogen-bond acceptors (Lipinski definition) is 7. The summed E-state index contributed by atoms with van der Waals surface area (Å²) in [5.41, 5.74) is 0.989. The molecule has 0 unspecified atom stereocenters. The third-order valence-corrected chi connectivity index (χ3v) is 10.1. The van der Waals surface area contributed by atoms with Crippen LogP contribution in [0, 0.1) is 0 Å². The van der Waals surface area contributed by atoms with Crippen molar-refractivity contribution in [2.75, 3.05) is 31.7 Å². The van der Waals surface area contributed by atoms with Gasteiger partial charge < -0.3 is 24.4 Å². The number of rotatable bonds is 14. The van der Waals surface area contributed by atoms with E-state index < -0.39 is 28.5 Å². The number of hydrogen-bond donors (Lipinski definition) is 1. The smallest absolute Gasteiger partial charge is 0.264 e. The standard InChI is InChI=1S/C34H42ClN3O7S/c1-5-45-29-17-15-28(16-18-29)38(46(41,42)30-19-20-31(43-3)32(21-30)44-4)23-33(39)37(22-25-11-13-26(35)14-12-25)24(2)34(40)36-27-9-7-6-8-10-27/h11-21,24,27H,5-10,22-23H2,1-4H3,(H,36,40)/t24-/m0/s1. The van der Waals surface area contributed by atoms with Gasteiger partial charge >= 0.3 is 0 Å². The second-order valence-corrected chi connectivity index (χ2v) is 13.4. The molecule has 2 amide bonds. The fraction of sp³-hybridized carbons (Fsp3) is 0.412. The van der Waals surface area contributed by atoms with Gasteiger partial charge in [-0.1, -0.05) is 43.0 Å². The zero-order valence-corrected chi connectivity index (χ0v) is 28.3. The van der Waals surface area contributed by atoms with Crippen molar-refractivity contribution in [2.45, 2.75) is 69.5 Å². The maximum atomic E-state index is 14.3. The summed E-state index contributed by atoms with van der Waals surface area (Å²) >= 11 is 6.11. The van der Waals surface area contributed by atoms with Crippen molar-refractivity contribution in [3.63, 3.8) is 0 Å². The van der Waals surface area contributed by atoms with Crippen LogP contribution >= 0.6 is 11.6 Å². The minimum Gasteiger partial charge on any atom is -0.494 e. The number of carbonyl (C=O) groups is 2. The molecule has 0 aromatic heterocycles. The lowest BCUT2D eigenvalue weighted by molar-refractivity contribution is -0.139. The normalized spacial score (nSPS) is 14.2. The van der Waals surface area contributed by atoms with Crippen LogP contribution in [0.3, 0.4) is 0 Å².